The fraction of sp³-hybridized carbons (Fsp3) is 0.273. The number of aliphatic carboxylic acids is 1. The van der Waals surface area contributed by atoms with Crippen LogP contribution in [-0.2, 0) is 9.63 Å². The highest BCUT2D eigenvalue weighted by Crippen LogP contribution is 2.13. The molecule has 5 heteroatoms. The largest absolute Gasteiger partial charge is 0.497 e. The lowest BCUT2D eigenvalue weighted by atomic mass is 10.1. The predicted molar refractivity (Wildman–Crippen MR) is 58.8 cm³/mol. The minimum atomic E-state index is -0.952. The summed E-state index contributed by atoms with van der Waals surface area (Å²) in [7, 11) is 2.95. The minimum Gasteiger partial charge on any atom is -0.497 e. The molecule has 1 rings (SSSR count). The van der Waals surface area contributed by atoms with Crippen LogP contribution < -0.4 is 4.74 Å². The maximum absolute atomic E-state index is 10.6. The number of hydrogen-bond donors (Lipinski definition) is 1. The third-order valence-corrected chi connectivity index (χ3v) is 1.94. The van der Waals surface area contributed by atoms with Gasteiger partial charge in [-0.25, -0.2) is 0 Å². The van der Waals surface area contributed by atoms with Crippen molar-refractivity contribution in [3.05, 3.63) is 29.8 Å². The van der Waals surface area contributed by atoms with Gasteiger partial charge in [-0.1, -0.05) is 5.16 Å². The van der Waals surface area contributed by atoms with Crippen LogP contribution >= 0.6 is 0 Å². The molecule has 86 valence electrons. The predicted octanol–water partition coefficient (Wildman–Crippen LogP) is 1.52. The van der Waals surface area contributed by atoms with Crippen LogP contribution in [0.5, 0.6) is 5.75 Å². The monoisotopic (exact) mass is 223 g/mol. The Labute approximate surface area is 93.3 Å². The molecule has 0 aromatic heterocycles. The lowest BCUT2D eigenvalue weighted by molar-refractivity contribution is -0.135. The zero-order valence-electron chi connectivity index (χ0n) is 9.14. The number of carbonyl (C=O) groups is 1. The second-order valence-electron chi connectivity index (χ2n) is 3.02. The number of methoxy groups -OCH3 is 1. The Morgan fingerprint density at radius 2 is 1.94 bits per heavy atom. The molecule has 0 aliphatic carbocycles. The number of hydrogen-bond acceptors (Lipinski definition) is 4. The van der Waals surface area contributed by atoms with Crippen molar-refractivity contribution in [3.8, 4) is 5.75 Å². The Hall–Kier alpha value is -2.04. The van der Waals surface area contributed by atoms with Crippen molar-refractivity contribution in [3.63, 3.8) is 0 Å². The molecular weight excluding hydrogens is 210 g/mol. The number of benzene rings is 1. The van der Waals surface area contributed by atoms with E-state index in [-0.39, 0.29) is 6.42 Å². The molecule has 5 nitrogen and oxygen atoms in total. The van der Waals surface area contributed by atoms with E-state index < -0.39 is 5.97 Å². The number of carboxylic acid groups (broad SMARTS) is 1. The van der Waals surface area contributed by atoms with Gasteiger partial charge in [-0.3, -0.25) is 4.79 Å². The first-order valence-corrected chi connectivity index (χ1v) is 4.63. The second-order valence-corrected chi connectivity index (χ2v) is 3.02. The molecule has 0 unspecified atom stereocenters. The van der Waals surface area contributed by atoms with Gasteiger partial charge in [-0.2, -0.15) is 0 Å². The number of rotatable bonds is 5. The van der Waals surface area contributed by atoms with Crippen molar-refractivity contribution in [2.24, 2.45) is 5.16 Å². The molecule has 0 saturated carbocycles. The van der Waals surface area contributed by atoms with Gasteiger partial charge in [0.1, 0.15) is 12.9 Å². The van der Waals surface area contributed by atoms with E-state index in [1.54, 1.807) is 31.4 Å². The van der Waals surface area contributed by atoms with Gasteiger partial charge in [0.05, 0.1) is 19.2 Å². The molecule has 0 amide bonds. The van der Waals surface area contributed by atoms with Crippen molar-refractivity contribution in [2.45, 2.75) is 6.42 Å². The van der Waals surface area contributed by atoms with E-state index in [1.807, 2.05) is 0 Å². The van der Waals surface area contributed by atoms with Gasteiger partial charge in [0.25, 0.3) is 0 Å². The molecule has 1 aromatic carbocycles. The third-order valence-electron chi connectivity index (χ3n) is 1.94. The highest BCUT2D eigenvalue weighted by molar-refractivity contribution is 6.08. The van der Waals surface area contributed by atoms with E-state index in [0.717, 1.165) is 0 Å². The maximum atomic E-state index is 10.6. The molecule has 0 aliphatic rings. The summed E-state index contributed by atoms with van der Waals surface area (Å²) in [6.07, 6.45) is -0.180. The molecule has 16 heavy (non-hydrogen) atoms. The molecule has 0 bridgehead atoms. The molecule has 1 N–H and O–H groups in total. The average Bonchev–Trinajstić information content (AvgIpc) is 2.28. The summed E-state index contributed by atoms with van der Waals surface area (Å²) in [5, 5.41) is 12.4. The van der Waals surface area contributed by atoms with Gasteiger partial charge in [0.15, 0.2) is 0 Å². The summed E-state index contributed by atoms with van der Waals surface area (Å²) in [4.78, 5) is 15.2. The first-order chi connectivity index (χ1) is 7.67. The number of carboxylic acids is 1. The summed E-state index contributed by atoms with van der Waals surface area (Å²) >= 11 is 0. The first kappa shape index (κ1) is 12.0. The topological polar surface area (TPSA) is 68.1 Å². The molecule has 0 fully saturated rings. The van der Waals surface area contributed by atoms with E-state index >= 15 is 0 Å². The zero-order chi connectivity index (χ0) is 12.0. The quantitative estimate of drug-likeness (QED) is 0.607. The van der Waals surface area contributed by atoms with Crippen LogP contribution in [0.1, 0.15) is 12.0 Å². The van der Waals surface area contributed by atoms with Crippen molar-refractivity contribution < 1.29 is 19.5 Å². The van der Waals surface area contributed by atoms with Crippen molar-refractivity contribution in [1.29, 1.82) is 0 Å². The van der Waals surface area contributed by atoms with Crippen LogP contribution in [0, 0.1) is 0 Å². The summed E-state index contributed by atoms with van der Waals surface area (Å²) in [5.41, 5.74) is 1.07. The van der Waals surface area contributed by atoms with Crippen LogP contribution in [0.3, 0.4) is 0 Å². The molecule has 0 atom stereocenters. The number of nitrogens with zero attached hydrogens (tertiary/aromatic N) is 1. The molecule has 0 aliphatic heterocycles. The van der Waals surface area contributed by atoms with Crippen LogP contribution in [0.25, 0.3) is 0 Å². The zero-order valence-corrected chi connectivity index (χ0v) is 9.14. The van der Waals surface area contributed by atoms with Crippen molar-refractivity contribution in [1.82, 2.24) is 0 Å². The van der Waals surface area contributed by atoms with Gasteiger partial charge in [-0.05, 0) is 24.3 Å². The first-order valence-electron chi connectivity index (χ1n) is 4.63. The number of ether oxygens (including phenoxy) is 1. The lowest BCUT2D eigenvalue weighted by Crippen LogP contribution is -2.08. The molecule has 0 radical (unpaired) electrons. The molecule has 1 aromatic rings. The average molecular weight is 223 g/mol. The fourth-order valence-corrected chi connectivity index (χ4v) is 1.22. The number of oxime groups is 1. The van der Waals surface area contributed by atoms with Crippen LogP contribution in [0.2, 0.25) is 0 Å². The van der Waals surface area contributed by atoms with E-state index in [1.165, 1.54) is 7.11 Å². The van der Waals surface area contributed by atoms with Crippen molar-refractivity contribution in [2.75, 3.05) is 14.2 Å². The summed E-state index contributed by atoms with van der Waals surface area (Å²) in [6, 6.07) is 6.95. The molecular formula is C11H13NO4. The highest BCUT2D eigenvalue weighted by Gasteiger charge is 2.09. The highest BCUT2D eigenvalue weighted by atomic mass is 16.6. The fourth-order valence-electron chi connectivity index (χ4n) is 1.22. The van der Waals surface area contributed by atoms with E-state index in [0.29, 0.717) is 17.0 Å². The van der Waals surface area contributed by atoms with Gasteiger partial charge in [0.2, 0.25) is 0 Å². The van der Waals surface area contributed by atoms with E-state index in [2.05, 4.69) is 9.99 Å². The summed E-state index contributed by atoms with van der Waals surface area (Å²) < 4.78 is 5.00. The Bertz CT molecular complexity index is 383. The minimum absolute atomic E-state index is 0.180. The molecule has 0 spiro atoms. The Balaban J connectivity index is 2.93. The van der Waals surface area contributed by atoms with E-state index in [4.69, 9.17) is 9.84 Å². The van der Waals surface area contributed by atoms with Crippen molar-refractivity contribution >= 4 is 11.7 Å². The maximum Gasteiger partial charge on any atom is 0.309 e. The van der Waals surface area contributed by atoms with E-state index in [9.17, 15) is 4.79 Å². The Morgan fingerprint density at radius 3 is 2.38 bits per heavy atom. The Morgan fingerprint density at radius 1 is 1.31 bits per heavy atom. The standard InChI is InChI=1S/C11H13NO4/c1-15-9-5-3-8(4-6-9)10(12-16-2)7-11(13)14/h3-6H,7H2,1-2H3,(H,13,14). The molecule has 0 saturated heterocycles. The Kier molecular flexibility index (Phi) is 4.32. The van der Waals surface area contributed by atoms with Gasteiger partial charge in [-0.15, -0.1) is 0 Å². The smallest absolute Gasteiger partial charge is 0.309 e. The summed E-state index contributed by atoms with van der Waals surface area (Å²) in [5.74, 6) is -0.248. The SMILES string of the molecule is CON=C(CC(=O)O)c1ccc(OC)cc1. The van der Waals surface area contributed by atoms with Crippen LogP contribution in [0.4, 0.5) is 0 Å². The summed E-state index contributed by atoms with van der Waals surface area (Å²) in [6.45, 7) is 0. The van der Waals surface area contributed by atoms with Crippen LogP contribution in [0.15, 0.2) is 29.4 Å². The van der Waals surface area contributed by atoms with Gasteiger partial charge in [0, 0.05) is 5.56 Å². The lowest BCUT2D eigenvalue weighted by Gasteiger charge is -2.04. The van der Waals surface area contributed by atoms with Gasteiger partial charge >= 0.3 is 5.97 Å². The third kappa shape index (κ3) is 3.27. The normalized spacial score (nSPS) is 11.0. The van der Waals surface area contributed by atoms with Crippen LogP contribution in [-0.4, -0.2) is 31.0 Å². The molecule has 0 heterocycles. The van der Waals surface area contributed by atoms with Gasteiger partial charge < -0.3 is 14.7 Å². The second kappa shape index (κ2) is 5.75.